The van der Waals surface area contributed by atoms with E-state index in [0.29, 0.717) is 5.69 Å². The minimum absolute atomic E-state index is 0.204. The van der Waals surface area contributed by atoms with Crippen molar-refractivity contribution in [2.45, 2.75) is 26.8 Å². The highest BCUT2D eigenvalue weighted by molar-refractivity contribution is 5.95. The average Bonchev–Trinajstić information content (AvgIpc) is 2.86. The fourth-order valence-electron chi connectivity index (χ4n) is 1.72. The highest BCUT2D eigenvalue weighted by Gasteiger charge is 2.27. The summed E-state index contributed by atoms with van der Waals surface area (Å²) >= 11 is 0. The summed E-state index contributed by atoms with van der Waals surface area (Å²) in [6, 6.07) is 9.13. The van der Waals surface area contributed by atoms with Crippen LogP contribution in [0.3, 0.4) is 0 Å². The summed E-state index contributed by atoms with van der Waals surface area (Å²) in [5.41, 5.74) is 7.22. The normalized spacial score (nSPS) is 13.0. The average molecular weight is 272 g/mol. The first kappa shape index (κ1) is 14.3. The zero-order valence-electron chi connectivity index (χ0n) is 12.0. The van der Waals surface area contributed by atoms with E-state index in [1.807, 2.05) is 51.1 Å². The van der Waals surface area contributed by atoms with Crippen molar-refractivity contribution in [2.75, 3.05) is 5.32 Å². The van der Waals surface area contributed by atoms with E-state index in [2.05, 4.69) is 10.4 Å². The summed E-state index contributed by atoms with van der Waals surface area (Å²) in [5, 5.41) is 7.01. The molecule has 5 nitrogen and oxygen atoms in total. The lowest BCUT2D eigenvalue weighted by molar-refractivity contribution is -0.119. The van der Waals surface area contributed by atoms with E-state index < -0.39 is 6.04 Å². The third kappa shape index (κ3) is 3.24. The lowest BCUT2D eigenvalue weighted by Crippen LogP contribution is -2.45. The van der Waals surface area contributed by atoms with Crippen LogP contribution in [0, 0.1) is 5.41 Å². The Kier molecular flexibility index (Phi) is 3.90. The Labute approximate surface area is 118 Å². The van der Waals surface area contributed by atoms with Gasteiger partial charge in [-0.3, -0.25) is 4.79 Å². The number of rotatable bonds is 3. The number of hydrogen-bond acceptors (Lipinski definition) is 3. The fourth-order valence-corrected chi connectivity index (χ4v) is 1.72. The van der Waals surface area contributed by atoms with E-state index in [1.165, 1.54) is 0 Å². The van der Waals surface area contributed by atoms with Crippen molar-refractivity contribution in [3.63, 3.8) is 0 Å². The first-order valence-corrected chi connectivity index (χ1v) is 6.54. The lowest BCUT2D eigenvalue weighted by Gasteiger charge is -2.25. The molecule has 0 bridgehead atoms. The molecule has 3 N–H and O–H groups in total. The molecule has 2 rings (SSSR count). The highest BCUT2D eigenvalue weighted by atomic mass is 16.2. The minimum Gasteiger partial charge on any atom is -0.322 e. The van der Waals surface area contributed by atoms with Crippen LogP contribution in [0.25, 0.3) is 5.69 Å². The molecule has 1 amide bonds. The molecule has 0 saturated carbocycles. The molecular formula is C15H20N4O. The van der Waals surface area contributed by atoms with Gasteiger partial charge in [0.05, 0.1) is 29.8 Å². The molecule has 1 aromatic heterocycles. The number of carbonyl (C=O) groups is 1. The van der Waals surface area contributed by atoms with Crippen LogP contribution in [0.2, 0.25) is 0 Å². The number of nitrogens with zero attached hydrogens (tertiary/aromatic N) is 2. The first-order chi connectivity index (χ1) is 9.38. The molecule has 1 aromatic carbocycles. The monoisotopic (exact) mass is 272 g/mol. The molecule has 0 unspecified atom stereocenters. The first-order valence-electron chi connectivity index (χ1n) is 6.54. The number of amides is 1. The second-order valence-corrected chi connectivity index (χ2v) is 5.84. The summed E-state index contributed by atoms with van der Waals surface area (Å²) in [6.45, 7) is 5.81. The third-order valence-electron chi connectivity index (χ3n) is 3.09. The van der Waals surface area contributed by atoms with Crippen LogP contribution in [0.15, 0.2) is 42.7 Å². The van der Waals surface area contributed by atoms with Crippen LogP contribution in [0.5, 0.6) is 0 Å². The Morgan fingerprint density at radius 3 is 2.55 bits per heavy atom. The van der Waals surface area contributed by atoms with Crippen molar-refractivity contribution >= 4 is 11.6 Å². The molecule has 0 aliphatic heterocycles. The van der Waals surface area contributed by atoms with E-state index in [1.54, 1.807) is 17.1 Å². The van der Waals surface area contributed by atoms with Crippen molar-refractivity contribution < 1.29 is 4.79 Å². The number of aromatic nitrogens is 2. The van der Waals surface area contributed by atoms with Gasteiger partial charge in [0.2, 0.25) is 5.91 Å². The molecule has 0 aliphatic carbocycles. The Bertz CT molecular complexity index is 583. The van der Waals surface area contributed by atoms with Gasteiger partial charge >= 0.3 is 0 Å². The summed E-state index contributed by atoms with van der Waals surface area (Å²) in [5.74, 6) is -0.204. The van der Waals surface area contributed by atoms with Crippen LogP contribution >= 0.6 is 0 Å². The van der Waals surface area contributed by atoms with E-state index in [4.69, 9.17) is 5.73 Å². The standard InChI is InChI=1S/C15H20N4O/c1-15(2,3)13(16)14(20)18-11-9-17-19(10-11)12-7-5-4-6-8-12/h4-10,13H,16H2,1-3H3,(H,18,20)/t13-/m1/s1. The van der Waals surface area contributed by atoms with E-state index in [-0.39, 0.29) is 11.3 Å². The maximum absolute atomic E-state index is 12.0. The van der Waals surface area contributed by atoms with E-state index in [9.17, 15) is 4.79 Å². The van der Waals surface area contributed by atoms with Gasteiger partial charge in [0.15, 0.2) is 0 Å². The molecule has 0 fully saturated rings. The van der Waals surface area contributed by atoms with Crippen LogP contribution < -0.4 is 11.1 Å². The van der Waals surface area contributed by atoms with Gasteiger partial charge in [-0.15, -0.1) is 0 Å². The van der Waals surface area contributed by atoms with Gasteiger partial charge in [-0.25, -0.2) is 4.68 Å². The van der Waals surface area contributed by atoms with Crippen LogP contribution in [-0.2, 0) is 4.79 Å². The van der Waals surface area contributed by atoms with E-state index >= 15 is 0 Å². The Hall–Kier alpha value is -2.14. The molecule has 0 spiro atoms. The van der Waals surface area contributed by atoms with Crippen molar-refractivity contribution in [3.05, 3.63) is 42.7 Å². The quantitative estimate of drug-likeness (QED) is 0.899. The molecule has 1 atom stereocenters. The highest BCUT2D eigenvalue weighted by Crippen LogP contribution is 2.19. The van der Waals surface area contributed by atoms with Gasteiger partial charge in [0.1, 0.15) is 0 Å². The molecule has 2 aromatic rings. The lowest BCUT2D eigenvalue weighted by atomic mass is 9.87. The summed E-state index contributed by atoms with van der Waals surface area (Å²) < 4.78 is 1.71. The van der Waals surface area contributed by atoms with Gasteiger partial charge in [-0.2, -0.15) is 5.10 Å². The third-order valence-corrected chi connectivity index (χ3v) is 3.09. The number of para-hydroxylation sites is 1. The van der Waals surface area contributed by atoms with Crippen LogP contribution in [0.1, 0.15) is 20.8 Å². The number of anilines is 1. The van der Waals surface area contributed by atoms with Gasteiger partial charge in [-0.1, -0.05) is 39.0 Å². The van der Waals surface area contributed by atoms with Gasteiger partial charge in [0, 0.05) is 0 Å². The predicted molar refractivity (Wildman–Crippen MR) is 79.6 cm³/mol. The number of nitrogens with two attached hydrogens (primary N) is 1. The van der Waals surface area contributed by atoms with E-state index in [0.717, 1.165) is 5.69 Å². The van der Waals surface area contributed by atoms with Crippen molar-refractivity contribution in [2.24, 2.45) is 11.1 Å². The summed E-state index contributed by atoms with van der Waals surface area (Å²) in [6.07, 6.45) is 3.38. The molecule has 20 heavy (non-hydrogen) atoms. The number of benzene rings is 1. The molecule has 0 saturated heterocycles. The SMILES string of the molecule is CC(C)(C)[C@H](N)C(=O)Nc1cnn(-c2ccccc2)c1. The smallest absolute Gasteiger partial charge is 0.241 e. The molecule has 5 heteroatoms. The number of nitrogens with one attached hydrogen (secondary N) is 1. The van der Waals surface area contributed by atoms with Crippen molar-refractivity contribution in [1.82, 2.24) is 9.78 Å². The molecule has 106 valence electrons. The summed E-state index contributed by atoms with van der Waals surface area (Å²) in [4.78, 5) is 12.0. The van der Waals surface area contributed by atoms with Gasteiger partial charge in [-0.05, 0) is 17.5 Å². The molecular weight excluding hydrogens is 252 g/mol. The second-order valence-electron chi connectivity index (χ2n) is 5.84. The maximum atomic E-state index is 12.0. The van der Waals surface area contributed by atoms with Crippen molar-refractivity contribution in [1.29, 1.82) is 0 Å². The Morgan fingerprint density at radius 2 is 1.95 bits per heavy atom. The number of carbonyl (C=O) groups excluding carboxylic acids is 1. The number of hydrogen-bond donors (Lipinski definition) is 2. The summed E-state index contributed by atoms with van der Waals surface area (Å²) in [7, 11) is 0. The topological polar surface area (TPSA) is 72.9 Å². The van der Waals surface area contributed by atoms with Crippen LogP contribution in [-0.4, -0.2) is 21.7 Å². The second kappa shape index (κ2) is 5.46. The van der Waals surface area contributed by atoms with Gasteiger partial charge < -0.3 is 11.1 Å². The Balaban J connectivity index is 2.09. The Morgan fingerprint density at radius 1 is 1.30 bits per heavy atom. The molecule has 0 radical (unpaired) electrons. The van der Waals surface area contributed by atoms with Crippen molar-refractivity contribution in [3.8, 4) is 5.69 Å². The largest absolute Gasteiger partial charge is 0.322 e. The predicted octanol–water partition coefficient (Wildman–Crippen LogP) is 2.18. The van der Waals surface area contributed by atoms with Gasteiger partial charge in [0.25, 0.3) is 0 Å². The fraction of sp³-hybridized carbons (Fsp3) is 0.333. The zero-order chi connectivity index (χ0) is 14.8. The van der Waals surface area contributed by atoms with Crippen LogP contribution in [0.4, 0.5) is 5.69 Å². The molecule has 1 heterocycles. The maximum Gasteiger partial charge on any atom is 0.241 e. The minimum atomic E-state index is -0.567. The zero-order valence-corrected chi connectivity index (χ0v) is 12.0. The molecule has 0 aliphatic rings.